The molecule has 10 heteroatoms. The highest BCUT2D eigenvalue weighted by Crippen LogP contribution is 2.34. The molecule has 156 valence electrons. The maximum Gasteiger partial charge on any atom is 0.339 e. The van der Waals surface area contributed by atoms with E-state index in [1.54, 1.807) is 43.3 Å². The number of carbonyl (C=O) groups excluding carboxylic acids is 2. The molecule has 2 aromatic rings. The molecule has 0 saturated carbocycles. The average molecular weight is 447 g/mol. The van der Waals surface area contributed by atoms with Crippen molar-refractivity contribution in [3.63, 3.8) is 0 Å². The van der Waals surface area contributed by atoms with Crippen molar-refractivity contribution in [2.24, 2.45) is 4.99 Å². The summed E-state index contributed by atoms with van der Waals surface area (Å²) >= 11 is 1.03. The van der Waals surface area contributed by atoms with E-state index < -0.39 is 16.0 Å². The number of thioether (sulfide) groups is 1. The van der Waals surface area contributed by atoms with Crippen LogP contribution in [0.4, 0.5) is 0 Å². The van der Waals surface area contributed by atoms with Gasteiger partial charge in [-0.25, -0.2) is 0 Å². The summed E-state index contributed by atoms with van der Waals surface area (Å²) in [7, 11) is -4.03. The third-order valence-corrected chi connectivity index (χ3v) is 5.85. The van der Waals surface area contributed by atoms with Gasteiger partial charge in [0.25, 0.3) is 5.91 Å². The summed E-state index contributed by atoms with van der Waals surface area (Å²) in [5.74, 6) is -0.558. The van der Waals surface area contributed by atoms with Gasteiger partial charge in [-0.05, 0) is 54.6 Å². The van der Waals surface area contributed by atoms with Gasteiger partial charge in [0.1, 0.15) is 4.90 Å². The zero-order valence-electron chi connectivity index (χ0n) is 16.1. The van der Waals surface area contributed by atoms with Gasteiger partial charge in [-0.3, -0.25) is 9.59 Å². The van der Waals surface area contributed by atoms with Crippen molar-refractivity contribution in [2.45, 2.75) is 18.7 Å². The first-order valence-corrected chi connectivity index (χ1v) is 11.1. The molecule has 0 saturated heterocycles. The molecule has 0 spiro atoms. The van der Waals surface area contributed by atoms with Gasteiger partial charge in [0.2, 0.25) is 5.91 Å². The first-order valence-electron chi connectivity index (χ1n) is 8.85. The maximum atomic E-state index is 12.5. The molecule has 0 atom stereocenters. The van der Waals surface area contributed by atoms with Crippen molar-refractivity contribution >= 4 is 44.9 Å². The van der Waals surface area contributed by atoms with Crippen molar-refractivity contribution in [2.75, 3.05) is 6.61 Å². The van der Waals surface area contributed by atoms with Crippen LogP contribution in [0.25, 0.3) is 6.08 Å². The van der Waals surface area contributed by atoms with E-state index in [0.29, 0.717) is 10.5 Å². The van der Waals surface area contributed by atoms with Gasteiger partial charge in [0.05, 0.1) is 11.5 Å². The number of ether oxygens (including phenoxy) is 1. The van der Waals surface area contributed by atoms with E-state index in [4.69, 9.17) is 8.92 Å². The number of carbonyl (C=O) groups is 2. The first kappa shape index (κ1) is 21.6. The van der Waals surface area contributed by atoms with E-state index in [1.807, 2.05) is 0 Å². The normalized spacial score (nSPS) is 15.1. The van der Waals surface area contributed by atoms with Gasteiger partial charge in [0, 0.05) is 6.92 Å². The molecule has 30 heavy (non-hydrogen) atoms. The second-order valence-corrected chi connectivity index (χ2v) is 8.58. The Morgan fingerprint density at radius 1 is 1.17 bits per heavy atom. The molecule has 3 rings (SSSR count). The van der Waals surface area contributed by atoms with E-state index in [0.717, 1.165) is 11.8 Å². The molecular formula is C20H18N2O6S2. The van der Waals surface area contributed by atoms with Gasteiger partial charge >= 0.3 is 10.1 Å². The Bertz CT molecular complexity index is 1140. The van der Waals surface area contributed by atoms with Crippen LogP contribution in [0.1, 0.15) is 19.4 Å². The first-order chi connectivity index (χ1) is 14.3. The molecule has 1 heterocycles. The van der Waals surface area contributed by atoms with Gasteiger partial charge in [0.15, 0.2) is 16.7 Å². The molecule has 1 aliphatic heterocycles. The van der Waals surface area contributed by atoms with Gasteiger partial charge in [-0.15, -0.1) is 0 Å². The summed E-state index contributed by atoms with van der Waals surface area (Å²) < 4.78 is 35.8. The summed E-state index contributed by atoms with van der Waals surface area (Å²) in [6.07, 6.45) is 1.57. The number of hydrogen-bond acceptors (Lipinski definition) is 7. The topological polar surface area (TPSA) is 111 Å². The number of benzene rings is 2. The Balaban J connectivity index is 1.86. The van der Waals surface area contributed by atoms with Crippen molar-refractivity contribution < 1.29 is 26.9 Å². The summed E-state index contributed by atoms with van der Waals surface area (Å²) in [5.41, 5.74) is 0.582. The van der Waals surface area contributed by atoms with Crippen LogP contribution in [-0.4, -0.2) is 32.0 Å². The molecule has 0 aliphatic carbocycles. The maximum absolute atomic E-state index is 12.5. The standard InChI is InChI=1S/C20H18N2O6S2/c1-3-27-17-11-14(12-18-19(24)22-20(29-18)21-13(2)23)9-10-16(17)28-30(25,26)15-7-5-4-6-8-15/h4-12H,3H2,1-2H3,(H,21,22,23,24)/b18-12+. The van der Waals surface area contributed by atoms with Crippen molar-refractivity contribution in [3.8, 4) is 11.5 Å². The number of rotatable bonds is 6. The Morgan fingerprint density at radius 3 is 2.57 bits per heavy atom. The minimum atomic E-state index is -4.03. The monoisotopic (exact) mass is 446 g/mol. The molecule has 0 fully saturated rings. The molecule has 0 radical (unpaired) electrons. The second-order valence-electron chi connectivity index (χ2n) is 6.00. The quantitative estimate of drug-likeness (QED) is 0.536. The molecular weight excluding hydrogens is 428 g/mol. The van der Waals surface area contributed by atoms with E-state index >= 15 is 0 Å². The molecule has 2 aromatic carbocycles. The van der Waals surface area contributed by atoms with E-state index in [-0.39, 0.29) is 34.1 Å². The number of amidine groups is 1. The predicted octanol–water partition coefficient (Wildman–Crippen LogP) is 2.96. The third kappa shape index (κ3) is 5.28. The van der Waals surface area contributed by atoms with Crippen molar-refractivity contribution in [1.29, 1.82) is 0 Å². The van der Waals surface area contributed by atoms with Crippen LogP contribution >= 0.6 is 11.8 Å². The molecule has 0 aromatic heterocycles. The van der Waals surface area contributed by atoms with Crippen LogP contribution in [0.2, 0.25) is 0 Å². The smallest absolute Gasteiger partial charge is 0.339 e. The zero-order chi connectivity index (χ0) is 21.7. The molecule has 1 N–H and O–H groups in total. The van der Waals surface area contributed by atoms with Crippen molar-refractivity contribution in [3.05, 3.63) is 59.0 Å². The predicted molar refractivity (Wildman–Crippen MR) is 114 cm³/mol. The highest BCUT2D eigenvalue weighted by molar-refractivity contribution is 8.18. The molecule has 0 bridgehead atoms. The highest BCUT2D eigenvalue weighted by atomic mass is 32.2. The fourth-order valence-electron chi connectivity index (χ4n) is 2.47. The number of nitrogens with one attached hydrogen (secondary N) is 1. The number of aliphatic imine (C=N–C) groups is 1. The average Bonchev–Trinajstić information content (AvgIpc) is 3.02. The van der Waals surface area contributed by atoms with Crippen LogP contribution in [0.5, 0.6) is 11.5 Å². The fourth-order valence-corrected chi connectivity index (χ4v) is 4.29. The second kappa shape index (κ2) is 9.14. The molecule has 2 amide bonds. The number of hydrogen-bond donors (Lipinski definition) is 1. The summed E-state index contributed by atoms with van der Waals surface area (Å²) in [5, 5.41) is 2.68. The van der Waals surface area contributed by atoms with Gasteiger partial charge in [-0.2, -0.15) is 13.4 Å². The van der Waals surface area contributed by atoms with Crippen LogP contribution in [0.3, 0.4) is 0 Å². The van der Waals surface area contributed by atoms with Crippen LogP contribution in [-0.2, 0) is 19.7 Å². The minimum absolute atomic E-state index is 0.0224. The van der Waals surface area contributed by atoms with E-state index in [2.05, 4.69) is 10.3 Å². The van der Waals surface area contributed by atoms with Crippen molar-refractivity contribution in [1.82, 2.24) is 5.32 Å². The largest absolute Gasteiger partial charge is 0.490 e. The zero-order valence-corrected chi connectivity index (χ0v) is 17.7. The highest BCUT2D eigenvalue weighted by Gasteiger charge is 2.23. The minimum Gasteiger partial charge on any atom is -0.490 e. The van der Waals surface area contributed by atoms with Crippen LogP contribution in [0.15, 0.2) is 63.3 Å². The van der Waals surface area contributed by atoms with Gasteiger partial charge < -0.3 is 14.2 Å². The van der Waals surface area contributed by atoms with Crippen LogP contribution < -0.4 is 14.2 Å². The molecule has 1 aliphatic rings. The summed E-state index contributed by atoms with van der Waals surface area (Å²) in [4.78, 5) is 27.3. The number of amides is 2. The lowest BCUT2D eigenvalue weighted by molar-refractivity contribution is -0.117. The molecule has 0 unspecified atom stereocenters. The van der Waals surface area contributed by atoms with E-state index in [9.17, 15) is 18.0 Å². The van der Waals surface area contributed by atoms with E-state index in [1.165, 1.54) is 25.1 Å². The Morgan fingerprint density at radius 2 is 1.90 bits per heavy atom. The SMILES string of the molecule is CCOc1cc(/C=C2/SC(NC(C)=O)=NC2=O)ccc1OS(=O)(=O)c1ccccc1. The lowest BCUT2D eigenvalue weighted by Gasteiger charge is -2.12. The summed E-state index contributed by atoms with van der Waals surface area (Å²) in [6.45, 7) is 3.36. The lowest BCUT2D eigenvalue weighted by Crippen LogP contribution is -2.23. The Hall–Kier alpha value is -3.11. The fraction of sp³-hybridized carbons (Fsp3) is 0.150. The Labute approximate surface area is 178 Å². The summed E-state index contributed by atoms with van der Waals surface area (Å²) in [6, 6.07) is 12.4. The Kier molecular flexibility index (Phi) is 6.58. The van der Waals surface area contributed by atoms with Crippen LogP contribution in [0, 0.1) is 0 Å². The number of nitrogens with zero attached hydrogens (tertiary/aromatic N) is 1. The third-order valence-electron chi connectivity index (χ3n) is 3.70. The van der Waals surface area contributed by atoms with Gasteiger partial charge in [-0.1, -0.05) is 24.3 Å². The molecule has 8 nitrogen and oxygen atoms in total. The lowest BCUT2D eigenvalue weighted by atomic mass is 10.2.